The fourth-order valence-electron chi connectivity index (χ4n) is 1.55. The minimum absolute atomic E-state index is 0.0130. The number of benzene rings is 1. The lowest BCUT2D eigenvalue weighted by molar-refractivity contribution is 0.0800. The zero-order chi connectivity index (χ0) is 14.5. The molecule has 5 heteroatoms. The van der Waals surface area contributed by atoms with E-state index in [1.54, 1.807) is 55.5 Å². The van der Waals surface area contributed by atoms with Gasteiger partial charge in [0.2, 0.25) is 5.78 Å². The molecule has 2 aromatic rings. The summed E-state index contributed by atoms with van der Waals surface area (Å²) in [6.45, 7) is 0. The Bertz CT molecular complexity index is 642. The van der Waals surface area contributed by atoms with E-state index in [1.807, 2.05) is 0 Å². The van der Waals surface area contributed by atoms with Gasteiger partial charge in [-0.05, 0) is 12.1 Å². The lowest BCUT2D eigenvalue weighted by atomic mass is 10.1. The minimum Gasteiger partial charge on any atom is -0.451 e. The highest BCUT2D eigenvalue weighted by molar-refractivity contribution is 6.48. The van der Waals surface area contributed by atoms with E-state index in [0.717, 1.165) is 0 Å². The number of carbonyl (C=O) groups excluding carboxylic acids is 2. The average Bonchev–Trinajstić information content (AvgIpc) is 2.93. The van der Waals surface area contributed by atoms with Crippen molar-refractivity contribution in [2.45, 2.75) is 0 Å². The van der Waals surface area contributed by atoms with Gasteiger partial charge in [0.1, 0.15) is 5.76 Å². The van der Waals surface area contributed by atoms with E-state index in [-0.39, 0.29) is 5.76 Å². The number of hydrogen-bond donors (Lipinski definition) is 0. The van der Waals surface area contributed by atoms with Gasteiger partial charge < -0.3 is 9.43 Å². The lowest BCUT2D eigenvalue weighted by Crippen LogP contribution is -2.13. The summed E-state index contributed by atoms with van der Waals surface area (Å²) in [5.41, 5.74) is 0.345. The molecule has 0 bridgehead atoms. The van der Waals surface area contributed by atoms with E-state index in [1.165, 1.54) is 12.3 Å². The Morgan fingerprint density at radius 3 is 2.40 bits per heavy atom. The van der Waals surface area contributed by atoms with Crippen molar-refractivity contribution in [3.05, 3.63) is 59.5 Å². The predicted octanol–water partition coefficient (Wildman–Crippen LogP) is 2.24. The van der Waals surface area contributed by atoms with E-state index in [4.69, 9.17) is 4.42 Å². The molecule has 1 heterocycles. The van der Waals surface area contributed by atoms with Crippen LogP contribution in [0.25, 0.3) is 0 Å². The van der Waals surface area contributed by atoms with Gasteiger partial charge in [-0.15, -0.1) is 0 Å². The van der Waals surface area contributed by atoms with Crippen molar-refractivity contribution < 1.29 is 14.0 Å². The normalized spacial score (nSPS) is 10.7. The quantitative estimate of drug-likeness (QED) is 0.362. The summed E-state index contributed by atoms with van der Waals surface area (Å²) >= 11 is 0. The molecule has 0 radical (unpaired) electrons. The van der Waals surface area contributed by atoms with Crippen LogP contribution in [0.4, 0.5) is 0 Å². The van der Waals surface area contributed by atoms with E-state index in [0.29, 0.717) is 11.3 Å². The maximum absolute atomic E-state index is 12.0. The first-order valence-corrected chi connectivity index (χ1v) is 6.03. The molecule has 1 aromatic carbocycles. The molecular weight excluding hydrogens is 256 g/mol. The van der Waals surface area contributed by atoms with Crippen LogP contribution in [0.5, 0.6) is 0 Å². The summed E-state index contributed by atoms with van der Waals surface area (Å²) in [6.07, 6.45) is 1.48. The zero-order valence-corrected chi connectivity index (χ0v) is 11.2. The number of carbonyl (C=O) groups is 2. The van der Waals surface area contributed by atoms with Gasteiger partial charge in [0, 0.05) is 19.7 Å². The van der Waals surface area contributed by atoms with Crippen molar-refractivity contribution in [1.82, 2.24) is 5.01 Å². The molecule has 0 aliphatic carbocycles. The zero-order valence-electron chi connectivity index (χ0n) is 11.2. The molecule has 1 aromatic heterocycles. The van der Waals surface area contributed by atoms with Gasteiger partial charge in [-0.1, -0.05) is 30.3 Å². The van der Waals surface area contributed by atoms with Crippen LogP contribution in [0.2, 0.25) is 0 Å². The molecule has 0 aliphatic heterocycles. The number of rotatable bonds is 5. The molecular formula is C15H14N2O3. The van der Waals surface area contributed by atoms with Crippen LogP contribution in [0.15, 0.2) is 52.0 Å². The van der Waals surface area contributed by atoms with Crippen molar-refractivity contribution >= 4 is 17.8 Å². The molecule has 0 aliphatic rings. The number of ketones is 2. The standard InChI is InChI=1S/C15H14N2O3/c1-17(2)16-10-12-8-9-13(20-12)15(19)14(18)11-6-4-3-5-7-11/h3-10H,1-2H3. The Labute approximate surface area is 116 Å². The highest BCUT2D eigenvalue weighted by atomic mass is 16.3. The fraction of sp³-hybridized carbons (Fsp3) is 0.133. The van der Waals surface area contributed by atoms with Gasteiger partial charge in [-0.2, -0.15) is 5.10 Å². The van der Waals surface area contributed by atoms with E-state index >= 15 is 0 Å². The van der Waals surface area contributed by atoms with Gasteiger partial charge >= 0.3 is 0 Å². The molecule has 5 nitrogen and oxygen atoms in total. The maximum atomic E-state index is 12.0. The minimum atomic E-state index is -0.666. The summed E-state index contributed by atoms with van der Waals surface area (Å²) in [4.78, 5) is 24.0. The largest absolute Gasteiger partial charge is 0.451 e. The first-order chi connectivity index (χ1) is 9.58. The third kappa shape index (κ3) is 3.20. The summed E-state index contributed by atoms with van der Waals surface area (Å²) < 4.78 is 5.29. The average molecular weight is 270 g/mol. The van der Waals surface area contributed by atoms with Crippen LogP contribution in [-0.4, -0.2) is 36.9 Å². The number of nitrogens with zero attached hydrogens (tertiary/aromatic N) is 2. The summed E-state index contributed by atoms with van der Waals surface area (Å²) in [6, 6.07) is 11.5. The second-order valence-corrected chi connectivity index (χ2v) is 4.32. The van der Waals surface area contributed by atoms with Crippen LogP contribution >= 0.6 is 0 Å². The van der Waals surface area contributed by atoms with E-state index in [2.05, 4.69) is 5.10 Å². The number of furan rings is 1. The van der Waals surface area contributed by atoms with E-state index < -0.39 is 11.6 Å². The Morgan fingerprint density at radius 2 is 1.75 bits per heavy atom. The number of Topliss-reactive ketones (excluding diaryl/α,β-unsaturated/α-hetero) is 2. The second kappa shape index (κ2) is 5.97. The molecule has 0 atom stereocenters. The lowest BCUT2D eigenvalue weighted by Gasteiger charge is -2.00. The van der Waals surface area contributed by atoms with Crippen molar-refractivity contribution in [3.8, 4) is 0 Å². The molecule has 0 saturated carbocycles. The third-order valence-corrected chi connectivity index (χ3v) is 2.51. The van der Waals surface area contributed by atoms with Crippen LogP contribution in [-0.2, 0) is 0 Å². The van der Waals surface area contributed by atoms with Gasteiger partial charge in [0.15, 0.2) is 5.76 Å². The van der Waals surface area contributed by atoms with Gasteiger partial charge in [-0.25, -0.2) is 0 Å². The first kappa shape index (κ1) is 13.7. The SMILES string of the molecule is CN(C)N=Cc1ccc(C(=O)C(=O)c2ccccc2)o1. The van der Waals surface area contributed by atoms with Gasteiger partial charge in [-0.3, -0.25) is 9.59 Å². The van der Waals surface area contributed by atoms with Crippen molar-refractivity contribution in [2.75, 3.05) is 14.1 Å². The molecule has 102 valence electrons. The summed E-state index contributed by atoms with van der Waals surface area (Å²) in [5, 5.41) is 5.59. The Balaban J connectivity index is 2.16. The number of hydrogen-bond acceptors (Lipinski definition) is 5. The summed E-state index contributed by atoms with van der Waals surface area (Å²) in [7, 11) is 3.54. The van der Waals surface area contributed by atoms with Gasteiger partial charge in [0.05, 0.1) is 6.21 Å². The predicted molar refractivity (Wildman–Crippen MR) is 75.1 cm³/mol. The highest BCUT2D eigenvalue weighted by Crippen LogP contribution is 2.11. The van der Waals surface area contributed by atoms with E-state index in [9.17, 15) is 9.59 Å². The van der Waals surface area contributed by atoms with Crippen LogP contribution in [0.1, 0.15) is 26.7 Å². The van der Waals surface area contributed by atoms with Crippen LogP contribution in [0, 0.1) is 0 Å². The first-order valence-electron chi connectivity index (χ1n) is 6.03. The molecule has 0 N–H and O–H groups in total. The molecule has 20 heavy (non-hydrogen) atoms. The van der Waals surface area contributed by atoms with Crippen LogP contribution in [0.3, 0.4) is 0 Å². The van der Waals surface area contributed by atoms with Crippen LogP contribution < -0.4 is 0 Å². The van der Waals surface area contributed by atoms with Crippen molar-refractivity contribution in [3.63, 3.8) is 0 Å². The third-order valence-electron chi connectivity index (χ3n) is 2.51. The smallest absolute Gasteiger partial charge is 0.268 e. The van der Waals surface area contributed by atoms with Gasteiger partial charge in [0.25, 0.3) is 5.78 Å². The Hall–Kier alpha value is -2.69. The molecule has 0 saturated heterocycles. The Kier molecular flexibility index (Phi) is 4.10. The second-order valence-electron chi connectivity index (χ2n) is 4.32. The van der Waals surface area contributed by atoms with Crippen molar-refractivity contribution in [2.24, 2.45) is 5.10 Å². The molecule has 0 spiro atoms. The molecule has 2 rings (SSSR count). The fourth-order valence-corrected chi connectivity index (χ4v) is 1.55. The summed E-state index contributed by atoms with van der Waals surface area (Å²) in [5.74, 6) is -0.821. The topological polar surface area (TPSA) is 62.9 Å². The Morgan fingerprint density at radius 1 is 1.05 bits per heavy atom. The number of hydrazone groups is 1. The maximum Gasteiger partial charge on any atom is 0.268 e. The highest BCUT2D eigenvalue weighted by Gasteiger charge is 2.21. The molecule has 0 unspecified atom stereocenters. The monoisotopic (exact) mass is 270 g/mol. The molecule has 0 amide bonds. The van der Waals surface area contributed by atoms with Crippen molar-refractivity contribution in [1.29, 1.82) is 0 Å². The molecule has 0 fully saturated rings.